The van der Waals surface area contributed by atoms with Gasteiger partial charge in [0.2, 0.25) is 0 Å². The summed E-state index contributed by atoms with van der Waals surface area (Å²) in [6.07, 6.45) is 11.6. The Hall–Kier alpha value is -6.49. The molecule has 10 rings (SSSR count). The molecule has 0 unspecified atom stereocenters. The molecule has 0 spiro atoms. The number of thioether (sulfide) groups is 1. The molecule has 4 heteroatoms. The van der Waals surface area contributed by atoms with Crippen LogP contribution < -0.4 is 0 Å². The average molecular weight is 711 g/mol. The van der Waals surface area contributed by atoms with Crippen LogP contribution >= 0.6 is 11.8 Å². The van der Waals surface area contributed by atoms with E-state index in [0.717, 1.165) is 71.7 Å². The largest absolute Gasteiger partial charge is 0.456 e. The summed E-state index contributed by atoms with van der Waals surface area (Å²) in [4.78, 5) is 12.5. The minimum atomic E-state index is 0.529. The second-order valence-electron chi connectivity index (χ2n) is 13.8. The Kier molecular flexibility index (Phi) is 8.04. The van der Waals surface area contributed by atoms with Crippen LogP contribution in [-0.4, -0.2) is 11.5 Å². The quantitative estimate of drug-likeness (QED) is 0.182. The Morgan fingerprint density at radius 3 is 2.17 bits per heavy atom. The van der Waals surface area contributed by atoms with Crippen molar-refractivity contribution in [3.05, 3.63) is 204 Å². The lowest BCUT2D eigenvalue weighted by Gasteiger charge is -2.13. The van der Waals surface area contributed by atoms with E-state index in [4.69, 9.17) is 14.4 Å². The summed E-state index contributed by atoms with van der Waals surface area (Å²) in [6.45, 7) is 5.07. The van der Waals surface area contributed by atoms with Crippen LogP contribution in [0.3, 0.4) is 0 Å². The third kappa shape index (κ3) is 5.91. The van der Waals surface area contributed by atoms with E-state index in [1.54, 1.807) is 11.8 Å². The van der Waals surface area contributed by atoms with E-state index < -0.39 is 0 Å². The molecule has 0 radical (unpaired) electrons. The molecule has 1 aromatic heterocycles. The van der Waals surface area contributed by atoms with Gasteiger partial charge in [-0.25, -0.2) is 4.99 Å². The Labute approximate surface area is 318 Å². The standard InChI is InChI=1S/C50H34N2OS/c1-32-49(40-25-22-33-12-6-7-15-37(33)26-40)52-50(51-31-41-18-10-11-19-47(41)54-32)36-23-20-34(21-24-36)42-28-43(35-13-4-2-3-5-14-35)48-44-27-38-16-8-9-17-39(38)29-45(44)53-46(48)30-42/h2-13,15-30H,1,14,31H2/b51-50-,52-49+. The number of hydrogen-bond acceptors (Lipinski definition) is 4. The van der Waals surface area contributed by atoms with Crippen molar-refractivity contribution in [3.8, 4) is 11.1 Å². The Balaban J connectivity index is 1.09. The minimum Gasteiger partial charge on any atom is -0.456 e. The lowest BCUT2D eigenvalue weighted by molar-refractivity contribution is 0.669. The van der Waals surface area contributed by atoms with Crippen LogP contribution in [0.5, 0.6) is 0 Å². The van der Waals surface area contributed by atoms with Gasteiger partial charge in [-0.3, -0.25) is 4.99 Å². The molecular formula is C50H34N2OS. The fraction of sp³-hybridized carbons (Fsp3) is 0.0400. The normalized spacial score (nSPS) is 16.6. The summed E-state index contributed by atoms with van der Waals surface area (Å²) < 4.78 is 6.65. The van der Waals surface area contributed by atoms with E-state index in [2.05, 4.69) is 176 Å². The SMILES string of the molecule is C=C1Sc2ccccc2C/N=C(c2ccc(-c3cc(C4=CC=CC=CC4)c4c(c3)oc3cc5ccccc5cc34)cc2)\N=C/1c1ccc2ccccc2c1. The summed E-state index contributed by atoms with van der Waals surface area (Å²) >= 11 is 1.66. The molecule has 8 aromatic rings. The van der Waals surface area contributed by atoms with E-state index in [9.17, 15) is 0 Å². The highest BCUT2D eigenvalue weighted by Gasteiger charge is 2.19. The number of benzene rings is 7. The maximum atomic E-state index is 6.65. The number of rotatable bonds is 4. The molecule has 1 aliphatic heterocycles. The number of aliphatic imine (C=N–C) groups is 2. The average Bonchev–Trinajstić information content (AvgIpc) is 3.38. The Bertz CT molecular complexity index is 2970. The van der Waals surface area contributed by atoms with Gasteiger partial charge in [-0.1, -0.05) is 152 Å². The van der Waals surface area contributed by atoms with E-state index in [1.165, 1.54) is 32.7 Å². The summed E-state index contributed by atoms with van der Waals surface area (Å²) in [5.41, 5.74) is 10.4. The second kappa shape index (κ2) is 13.5. The van der Waals surface area contributed by atoms with Gasteiger partial charge in [0.25, 0.3) is 0 Å². The van der Waals surface area contributed by atoms with E-state index in [1.807, 2.05) is 0 Å². The van der Waals surface area contributed by atoms with Gasteiger partial charge in [0, 0.05) is 31.7 Å². The monoisotopic (exact) mass is 710 g/mol. The zero-order valence-corrected chi connectivity index (χ0v) is 30.3. The number of furan rings is 1. The minimum absolute atomic E-state index is 0.529. The first-order valence-electron chi connectivity index (χ1n) is 18.2. The van der Waals surface area contributed by atoms with Crippen molar-refractivity contribution in [2.75, 3.05) is 0 Å². The lowest BCUT2D eigenvalue weighted by Crippen LogP contribution is -2.08. The highest BCUT2D eigenvalue weighted by molar-refractivity contribution is 8.04. The second-order valence-corrected chi connectivity index (χ2v) is 14.9. The number of allylic oxidation sites excluding steroid dienone is 7. The van der Waals surface area contributed by atoms with Crippen LogP contribution in [0.4, 0.5) is 0 Å². The molecule has 2 heterocycles. The maximum Gasteiger partial charge on any atom is 0.155 e. The Morgan fingerprint density at radius 1 is 0.593 bits per heavy atom. The topological polar surface area (TPSA) is 37.9 Å². The van der Waals surface area contributed by atoms with Gasteiger partial charge < -0.3 is 4.42 Å². The van der Waals surface area contributed by atoms with Crippen LogP contribution in [0.2, 0.25) is 0 Å². The van der Waals surface area contributed by atoms with Gasteiger partial charge in [0.15, 0.2) is 5.84 Å². The predicted octanol–water partition coefficient (Wildman–Crippen LogP) is 13.5. The molecular weight excluding hydrogens is 677 g/mol. The van der Waals surface area contributed by atoms with Crippen LogP contribution in [0.15, 0.2) is 201 Å². The Morgan fingerprint density at radius 2 is 1.31 bits per heavy atom. The fourth-order valence-electron chi connectivity index (χ4n) is 7.60. The molecule has 1 aliphatic carbocycles. The van der Waals surface area contributed by atoms with Crippen molar-refractivity contribution in [3.63, 3.8) is 0 Å². The lowest BCUT2D eigenvalue weighted by atomic mass is 9.92. The van der Waals surface area contributed by atoms with Crippen molar-refractivity contribution in [1.82, 2.24) is 0 Å². The van der Waals surface area contributed by atoms with Crippen molar-refractivity contribution in [2.24, 2.45) is 9.98 Å². The van der Waals surface area contributed by atoms with Gasteiger partial charge in [0.1, 0.15) is 11.2 Å². The zero-order valence-electron chi connectivity index (χ0n) is 29.5. The molecule has 0 N–H and O–H groups in total. The fourth-order valence-corrected chi connectivity index (χ4v) is 8.53. The smallest absolute Gasteiger partial charge is 0.155 e. The van der Waals surface area contributed by atoms with Gasteiger partial charge in [0.05, 0.1) is 12.3 Å². The molecule has 7 aromatic carbocycles. The first-order chi connectivity index (χ1) is 26.6. The molecule has 0 amide bonds. The third-order valence-corrected chi connectivity index (χ3v) is 11.4. The van der Waals surface area contributed by atoms with Crippen molar-refractivity contribution >= 4 is 72.4 Å². The van der Waals surface area contributed by atoms with E-state index >= 15 is 0 Å². The van der Waals surface area contributed by atoms with Crippen LogP contribution in [0, 0.1) is 0 Å². The van der Waals surface area contributed by atoms with Gasteiger partial charge in [-0.05, 0) is 92.2 Å². The number of fused-ring (bicyclic) bond motifs is 6. The number of hydrogen-bond donors (Lipinski definition) is 0. The van der Waals surface area contributed by atoms with Crippen LogP contribution in [0.25, 0.3) is 60.2 Å². The molecule has 3 nitrogen and oxygen atoms in total. The first-order valence-corrected chi connectivity index (χ1v) is 19.1. The van der Waals surface area contributed by atoms with Crippen molar-refractivity contribution in [2.45, 2.75) is 17.9 Å². The number of amidine groups is 1. The molecule has 0 fully saturated rings. The van der Waals surface area contributed by atoms with Crippen molar-refractivity contribution < 1.29 is 4.42 Å². The van der Waals surface area contributed by atoms with Crippen LogP contribution in [-0.2, 0) is 6.54 Å². The first kappa shape index (κ1) is 32.2. The summed E-state index contributed by atoms with van der Waals surface area (Å²) in [6, 6.07) is 49.4. The molecule has 54 heavy (non-hydrogen) atoms. The summed E-state index contributed by atoms with van der Waals surface area (Å²) in [5, 5.41) is 7.03. The molecule has 0 saturated heterocycles. The number of nitrogens with zero attached hydrogens (tertiary/aromatic N) is 2. The van der Waals surface area contributed by atoms with Gasteiger partial charge in [-0.2, -0.15) is 0 Å². The maximum absolute atomic E-state index is 6.65. The zero-order chi connectivity index (χ0) is 36.0. The molecule has 0 atom stereocenters. The highest BCUT2D eigenvalue weighted by atomic mass is 32.2. The summed E-state index contributed by atoms with van der Waals surface area (Å²) in [7, 11) is 0. The molecule has 0 bridgehead atoms. The molecule has 256 valence electrons. The van der Waals surface area contributed by atoms with Gasteiger partial charge >= 0.3 is 0 Å². The highest BCUT2D eigenvalue weighted by Crippen LogP contribution is 2.41. The van der Waals surface area contributed by atoms with E-state index in [-0.39, 0.29) is 0 Å². The molecule has 2 aliphatic rings. The van der Waals surface area contributed by atoms with Crippen LogP contribution in [0.1, 0.15) is 28.7 Å². The van der Waals surface area contributed by atoms with Gasteiger partial charge in [-0.15, -0.1) is 0 Å². The molecule has 0 saturated carbocycles. The predicted molar refractivity (Wildman–Crippen MR) is 230 cm³/mol. The third-order valence-electron chi connectivity index (χ3n) is 10.4. The van der Waals surface area contributed by atoms with Crippen molar-refractivity contribution in [1.29, 1.82) is 0 Å². The van der Waals surface area contributed by atoms with E-state index in [0.29, 0.717) is 12.4 Å². The summed E-state index contributed by atoms with van der Waals surface area (Å²) in [5.74, 6) is 0.686.